The lowest BCUT2D eigenvalue weighted by atomic mass is 10.0. The highest BCUT2D eigenvalue weighted by Crippen LogP contribution is 2.27. The molecule has 0 aliphatic rings. The normalized spacial score (nSPS) is 12.9. The van der Waals surface area contributed by atoms with Crippen molar-refractivity contribution in [1.82, 2.24) is 10.0 Å². The minimum atomic E-state index is -4.00. The van der Waals surface area contributed by atoms with E-state index < -0.39 is 39.7 Å². The predicted molar refractivity (Wildman–Crippen MR) is 136 cm³/mol. The van der Waals surface area contributed by atoms with E-state index >= 15 is 0 Å². The lowest BCUT2D eigenvalue weighted by Crippen LogP contribution is -2.45. The van der Waals surface area contributed by atoms with Crippen LogP contribution in [0.5, 0.6) is 5.75 Å². The molecule has 37 heavy (non-hydrogen) atoms. The number of sulfonamides is 1. The average Bonchev–Trinajstić information content (AvgIpc) is 2.88. The van der Waals surface area contributed by atoms with Gasteiger partial charge in [-0.05, 0) is 48.9 Å². The zero-order valence-electron chi connectivity index (χ0n) is 20.3. The van der Waals surface area contributed by atoms with Crippen LogP contribution in [0.25, 0.3) is 0 Å². The van der Waals surface area contributed by atoms with E-state index in [1.807, 2.05) is 30.3 Å². The van der Waals surface area contributed by atoms with Gasteiger partial charge in [-0.25, -0.2) is 17.5 Å². The summed E-state index contributed by atoms with van der Waals surface area (Å²) in [5.74, 6) is -1.62. The molecular weight excluding hydrogens is 501 g/mol. The summed E-state index contributed by atoms with van der Waals surface area (Å²) in [5, 5.41) is 14.5. The van der Waals surface area contributed by atoms with Crippen LogP contribution in [0.2, 0.25) is 0 Å². The summed E-state index contributed by atoms with van der Waals surface area (Å²) >= 11 is 0. The number of benzene rings is 3. The zero-order chi connectivity index (χ0) is 27.0. The maximum atomic E-state index is 13.3. The van der Waals surface area contributed by atoms with Gasteiger partial charge in [-0.1, -0.05) is 30.3 Å². The zero-order valence-corrected chi connectivity index (χ0v) is 21.1. The Morgan fingerprint density at radius 1 is 1.03 bits per heavy atom. The number of carbonyl (C=O) groups is 2. The Morgan fingerprint density at radius 2 is 1.70 bits per heavy atom. The van der Waals surface area contributed by atoms with E-state index in [0.29, 0.717) is 0 Å². The van der Waals surface area contributed by atoms with Crippen molar-refractivity contribution in [2.45, 2.75) is 30.3 Å². The summed E-state index contributed by atoms with van der Waals surface area (Å²) in [5.41, 5.74) is 1.23. The Balaban J connectivity index is 1.83. The number of methoxy groups -OCH3 is 1. The average molecular weight is 530 g/mol. The molecule has 0 aromatic heterocycles. The van der Waals surface area contributed by atoms with Gasteiger partial charge in [-0.3, -0.25) is 9.59 Å². The molecule has 0 aliphatic heterocycles. The van der Waals surface area contributed by atoms with Crippen LogP contribution in [-0.4, -0.2) is 51.1 Å². The summed E-state index contributed by atoms with van der Waals surface area (Å²) in [6.45, 7) is 1.12. The molecule has 3 aromatic carbocycles. The maximum absolute atomic E-state index is 13.3. The van der Waals surface area contributed by atoms with Crippen LogP contribution in [0.1, 0.15) is 22.8 Å². The van der Waals surface area contributed by atoms with E-state index in [9.17, 15) is 22.4 Å². The molecule has 2 atom stereocenters. The van der Waals surface area contributed by atoms with Gasteiger partial charge in [-0.2, -0.15) is 0 Å². The lowest BCUT2D eigenvalue weighted by molar-refractivity contribution is -0.118. The van der Waals surface area contributed by atoms with Gasteiger partial charge in [-0.15, -0.1) is 0 Å². The Labute approximate surface area is 214 Å². The molecule has 0 bridgehead atoms. The van der Waals surface area contributed by atoms with Crippen molar-refractivity contribution in [2.75, 3.05) is 19.0 Å². The fraction of sp³-hybridized carbons (Fsp3) is 0.231. The number of anilines is 1. The highest BCUT2D eigenvalue weighted by atomic mass is 32.2. The molecule has 0 heterocycles. The number of carbonyl (C=O) groups excluding carboxylic acids is 2. The van der Waals surface area contributed by atoms with E-state index in [0.717, 1.165) is 17.7 Å². The van der Waals surface area contributed by atoms with Gasteiger partial charge in [0.05, 0.1) is 13.7 Å². The third-order valence-corrected chi connectivity index (χ3v) is 6.99. The van der Waals surface area contributed by atoms with Gasteiger partial charge in [0.1, 0.15) is 22.5 Å². The van der Waals surface area contributed by atoms with Crippen LogP contribution >= 0.6 is 0 Å². The second-order valence-electron chi connectivity index (χ2n) is 8.28. The van der Waals surface area contributed by atoms with Crippen LogP contribution in [-0.2, 0) is 21.2 Å². The van der Waals surface area contributed by atoms with Gasteiger partial charge in [0.15, 0.2) is 0 Å². The molecule has 0 radical (unpaired) electrons. The molecule has 9 nitrogen and oxygen atoms in total. The molecule has 3 rings (SSSR count). The second kappa shape index (κ2) is 12.4. The minimum Gasteiger partial charge on any atom is -0.495 e. The van der Waals surface area contributed by atoms with E-state index in [4.69, 9.17) is 9.84 Å². The predicted octanol–water partition coefficient (Wildman–Crippen LogP) is 2.47. The smallest absolute Gasteiger partial charge is 0.251 e. The van der Waals surface area contributed by atoms with Crippen LogP contribution in [0.4, 0.5) is 10.1 Å². The molecule has 3 aromatic rings. The Kier molecular flexibility index (Phi) is 9.34. The largest absolute Gasteiger partial charge is 0.495 e. The van der Waals surface area contributed by atoms with E-state index in [-0.39, 0.29) is 34.9 Å². The molecule has 2 amide bonds. The summed E-state index contributed by atoms with van der Waals surface area (Å²) < 4.78 is 46.1. The molecule has 196 valence electrons. The summed E-state index contributed by atoms with van der Waals surface area (Å²) in [7, 11) is -2.71. The van der Waals surface area contributed by atoms with Crippen molar-refractivity contribution < 1.29 is 32.2 Å². The van der Waals surface area contributed by atoms with Crippen molar-refractivity contribution in [3.63, 3.8) is 0 Å². The van der Waals surface area contributed by atoms with E-state index in [1.54, 1.807) is 0 Å². The maximum Gasteiger partial charge on any atom is 0.251 e. The lowest BCUT2D eigenvalue weighted by Gasteiger charge is -2.20. The Bertz CT molecular complexity index is 1330. The van der Waals surface area contributed by atoms with Crippen molar-refractivity contribution in [1.29, 1.82) is 0 Å². The molecule has 0 unspecified atom stereocenters. The number of halogens is 1. The van der Waals surface area contributed by atoms with Gasteiger partial charge >= 0.3 is 0 Å². The van der Waals surface area contributed by atoms with Crippen molar-refractivity contribution in [3.8, 4) is 5.75 Å². The van der Waals surface area contributed by atoms with E-state index in [1.165, 1.54) is 44.4 Å². The number of hydrogen-bond donors (Lipinski definition) is 4. The van der Waals surface area contributed by atoms with Crippen LogP contribution < -0.4 is 20.1 Å². The third-order valence-electron chi connectivity index (χ3n) is 5.36. The van der Waals surface area contributed by atoms with Crippen molar-refractivity contribution >= 4 is 27.5 Å². The van der Waals surface area contributed by atoms with Gasteiger partial charge in [0.2, 0.25) is 15.9 Å². The first kappa shape index (κ1) is 27.8. The summed E-state index contributed by atoms with van der Waals surface area (Å²) in [4.78, 5) is 25.8. The highest BCUT2D eigenvalue weighted by molar-refractivity contribution is 7.89. The summed E-state index contributed by atoms with van der Waals surface area (Å²) in [6, 6.07) is 16.3. The highest BCUT2D eigenvalue weighted by Gasteiger charge is 2.25. The Morgan fingerprint density at radius 3 is 2.32 bits per heavy atom. The molecule has 4 N–H and O–H groups in total. The topological polar surface area (TPSA) is 134 Å². The number of aliphatic hydroxyl groups is 1. The van der Waals surface area contributed by atoms with Crippen LogP contribution in [0.15, 0.2) is 77.7 Å². The molecule has 0 aliphatic carbocycles. The Hall–Kier alpha value is -3.80. The number of rotatable bonds is 11. The van der Waals surface area contributed by atoms with Gasteiger partial charge < -0.3 is 20.5 Å². The first-order valence-corrected chi connectivity index (χ1v) is 12.8. The number of hydrogen-bond acceptors (Lipinski definition) is 6. The summed E-state index contributed by atoms with van der Waals surface area (Å²) in [6.07, 6.45) is 0.173. The van der Waals surface area contributed by atoms with Crippen molar-refractivity contribution in [3.05, 3.63) is 89.7 Å². The number of ether oxygens (including phenoxy) is 1. The van der Waals surface area contributed by atoms with Crippen LogP contribution in [0.3, 0.4) is 0 Å². The molecule has 11 heteroatoms. The fourth-order valence-corrected chi connectivity index (χ4v) is 4.85. The molecule has 0 saturated carbocycles. The number of aliphatic hydroxyl groups excluding tert-OH is 1. The molecule has 0 saturated heterocycles. The van der Waals surface area contributed by atoms with Gasteiger partial charge in [0, 0.05) is 29.8 Å². The SMILES string of the molecule is COc1cc(NC(=O)[C@H](Cc2ccccc2)NC(=O)c2ccc(F)cc2)ccc1S(=O)(=O)N[C@H](C)CO. The molecule has 0 spiro atoms. The first-order chi connectivity index (χ1) is 17.6. The van der Waals surface area contributed by atoms with Crippen molar-refractivity contribution in [2.24, 2.45) is 0 Å². The quantitative estimate of drug-likeness (QED) is 0.302. The minimum absolute atomic E-state index is 0.0228. The molecular formula is C26H28FN3O6S. The number of amides is 2. The van der Waals surface area contributed by atoms with Crippen LogP contribution in [0, 0.1) is 5.82 Å². The standard InChI is InChI=1S/C26H28FN3O6S/c1-17(16-31)30-37(34,35)24-13-12-21(15-23(24)36-2)28-26(33)22(14-18-6-4-3-5-7-18)29-25(32)19-8-10-20(27)11-9-19/h3-13,15,17,22,30-31H,14,16H2,1-2H3,(H,28,33)(H,29,32)/t17-,22+/m1/s1. The van der Waals surface area contributed by atoms with Gasteiger partial charge in [0.25, 0.3) is 5.91 Å². The second-order valence-corrected chi connectivity index (χ2v) is 9.96. The fourth-order valence-electron chi connectivity index (χ4n) is 3.46. The monoisotopic (exact) mass is 529 g/mol. The molecule has 0 fully saturated rings. The first-order valence-electron chi connectivity index (χ1n) is 11.4. The third kappa shape index (κ3) is 7.59. The number of nitrogens with one attached hydrogen (secondary N) is 3. The van der Waals surface area contributed by atoms with E-state index in [2.05, 4.69) is 15.4 Å².